The molecule has 2 nitrogen and oxygen atoms in total. The summed E-state index contributed by atoms with van der Waals surface area (Å²) in [6.45, 7) is 11.5. The lowest BCUT2D eigenvalue weighted by atomic mass is 10.0. The van der Waals surface area contributed by atoms with Crippen molar-refractivity contribution in [3.63, 3.8) is 0 Å². The third-order valence-corrected chi connectivity index (χ3v) is 2.86. The molecule has 0 N–H and O–H groups in total. The fraction of sp³-hybridized carbons (Fsp3) is 0.500. The fourth-order valence-electron chi connectivity index (χ4n) is 1.66. The standard InChI is InChI=1S/C16H24O2/c1-5-8-9-18-16-11-14(13(4)6-2)10-15(12-16)17-7-3/h6,10-13H,2,5,7-9H2,1,3-4H3. The third kappa shape index (κ3) is 4.44. The maximum absolute atomic E-state index is 5.75. The molecule has 0 fully saturated rings. The lowest BCUT2D eigenvalue weighted by Gasteiger charge is -2.13. The van der Waals surface area contributed by atoms with Crippen LogP contribution >= 0.6 is 0 Å². The zero-order valence-corrected chi connectivity index (χ0v) is 11.7. The molecule has 0 aliphatic carbocycles. The molecule has 1 atom stereocenters. The smallest absolute Gasteiger partial charge is 0.123 e. The van der Waals surface area contributed by atoms with E-state index >= 15 is 0 Å². The average Bonchev–Trinajstić information content (AvgIpc) is 2.38. The third-order valence-electron chi connectivity index (χ3n) is 2.86. The number of unbranched alkanes of at least 4 members (excludes halogenated alkanes) is 1. The number of hydrogen-bond acceptors (Lipinski definition) is 2. The van der Waals surface area contributed by atoms with Crippen LogP contribution in [0.4, 0.5) is 0 Å². The van der Waals surface area contributed by atoms with Crippen molar-refractivity contribution < 1.29 is 9.47 Å². The zero-order valence-electron chi connectivity index (χ0n) is 11.7. The zero-order chi connectivity index (χ0) is 13.4. The molecule has 0 aliphatic heterocycles. The Bertz CT molecular complexity index is 371. The summed E-state index contributed by atoms with van der Waals surface area (Å²) in [4.78, 5) is 0. The minimum atomic E-state index is 0.305. The number of benzene rings is 1. The van der Waals surface area contributed by atoms with Crippen LogP contribution in [-0.4, -0.2) is 13.2 Å². The summed E-state index contributed by atoms with van der Waals surface area (Å²) in [5.74, 6) is 2.06. The summed E-state index contributed by atoms with van der Waals surface area (Å²) in [5.41, 5.74) is 1.18. The number of hydrogen-bond donors (Lipinski definition) is 0. The topological polar surface area (TPSA) is 18.5 Å². The van der Waals surface area contributed by atoms with Gasteiger partial charge in [-0.1, -0.05) is 26.3 Å². The molecule has 0 bridgehead atoms. The van der Waals surface area contributed by atoms with Gasteiger partial charge in [0.05, 0.1) is 13.2 Å². The summed E-state index contributed by atoms with van der Waals surface area (Å²) < 4.78 is 11.3. The van der Waals surface area contributed by atoms with Crippen molar-refractivity contribution in [3.05, 3.63) is 36.4 Å². The first-order valence-corrected chi connectivity index (χ1v) is 6.74. The molecule has 100 valence electrons. The molecule has 0 saturated carbocycles. The van der Waals surface area contributed by atoms with Crippen LogP contribution < -0.4 is 9.47 Å². The Morgan fingerprint density at radius 2 is 1.83 bits per heavy atom. The van der Waals surface area contributed by atoms with E-state index in [1.807, 2.05) is 19.1 Å². The highest BCUT2D eigenvalue weighted by Gasteiger charge is 2.07. The van der Waals surface area contributed by atoms with Crippen LogP contribution in [0.25, 0.3) is 0 Å². The van der Waals surface area contributed by atoms with Gasteiger partial charge in [-0.25, -0.2) is 0 Å². The van der Waals surface area contributed by atoms with Gasteiger partial charge >= 0.3 is 0 Å². The van der Waals surface area contributed by atoms with Crippen molar-refractivity contribution in [2.45, 2.75) is 39.5 Å². The first-order chi connectivity index (χ1) is 8.71. The molecule has 0 aliphatic rings. The molecule has 1 unspecified atom stereocenters. The van der Waals surface area contributed by atoms with Crippen molar-refractivity contribution in [3.8, 4) is 11.5 Å². The van der Waals surface area contributed by atoms with Gasteiger partial charge in [-0.3, -0.25) is 0 Å². The molecule has 0 spiro atoms. The Morgan fingerprint density at radius 1 is 1.17 bits per heavy atom. The van der Waals surface area contributed by atoms with E-state index in [0.29, 0.717) is 12.5 Å². The average molecular weight is 248 g/mol. The quantitative estimate of drug-likeness (QED) is 0.496. The van der Waals surface area contributed by atoms with E-state index in [-0.39, 0.29) is 0 Å². The van der Waals surface area contributed by atoms with E-state index in [9.17, 15) is 0 Å². The molecule has 1 aromatic carbocycles. The molecule has 1 aromatic rings. The van der Waals surface area contributed by atoms with Crippen molar-refractivity contribution in [1.82, 2.24) is 0 Å². The largest absolute Gasteiger partial charge is 0.494 e. The van der Waals surface area contributed by atoms with Crippen LogP contribution in [0.1, 0.15) is 45.1 Å². The highest BCUT2D eigenvalue weighted by atomic mass is 16.5. The number of rotatable bonds is 8. The molecule has 2 heteroatoms. The summed E-state index contributed by atoms with van der Waals surface area (Å²) in [7, 11) is 0. The minimum Gasteiger partial charge on any atom is -0.494 e. The van der Waals surface area contributed by atoms with E-state index in [0.717, 1.165) is 30.9 Å². The number of allylic oxidation sites excluding steroid dienone is 1. The first kappa shape index (κ1) is 14.6. The van der Waals surface area contributed by atoms with E-state index in [1.165, 1.54) is 5.56 Å². The van der Waals surface area contributed by atoms with Gasteiger partial charge in [-0.05, 0) is 37.0 Å². The SMILES string of the molecule is C=CC(C)c1cc(OCC)cc(OCCCC)c1. The van der Waals surface area contributed by atoms with Crippen molar-refractivity contribution in [2.75, 3.05) is 13.2 Å². The molecule has 0 heterocycles. The second-order valence-corrected chi connectivity index (χ2v) is 4.40. The van der Waals surface area contributed by atoms with Crippen molar-refractivity contribution in [2.24, 2.45) is 0 Å². The molecule has 0 amide bonds. The van der Waals surface area contributed by atoms with Crippen molar-refractivity contribution in [1.29, 1.82) is 0 Å². The Hall–Kier alpha value is -1.44. The van der Waals surface area contributed by atoms with Gasteiger partial charge in [-0.2, -0.15) is 0 Å². The second-order valence-electron chi connectivity index (χ2n) is 4.40. The van der Waals surface area contributed by atoms with Crippen LogP contribution in [-0.2, 0) is 0 Å². The Kier molecular flexibility index (Phi) is 6.34. The van der Waals surface area contributed by atoms with E-state index in [4.69, 9.17) is 9.47 Å². The molecular weight excluding hydrogens is 224 g/mol. The number of ether oxygens (including phenoxy) is 2. The van der Waals surface area contributed by atoms with Gasteiger partial charge in [0, 0.05) is 6.07 Å². The van der Waals surface area contributed by atoms with Crippen LogP contribution in [0.2, 0.25) is 0 Å². The van der Waals surface area contributed by atoms with E-state index < -0.39 is 0 Å². The second kappa shape index (κ2) is 7.80. The Morgan fingerprint density at radius 3 is 2.39 bits per heavy atom. The van der Waals surface area contributed by atoms with Gasteiger partial charge in [0.25, 0.3) is 0 Å². The van der Waals surface area contributed by atoms with Crippen molar-refractivity contribution >= 4 is 0 Å². The van der Waals surface area contributed by atoms with Crippen LogP contribution in [0.15, 0.2) is 30.9 Å². The summed E-state index contributed by atoms with van der Waals surface area (Å²) in [6.07, 6.45) is 4.15. The fourth-order valence-corrected chi connectivity index (χ4v) is 1.66. The lowest BCUT2D eigenvalue weighted by molar-refractivity contribution is 0.302. The minimum absolute atomic E-state index is 0.305. The Labute approximate surface area is 111 Å². The van der Waals surface area contributed by atoms with Crippen LogP contribution in [0.3, 0.4) is 0 Å². The molecular formula is C16H24O2. The first-order valence-electron chi connectivity index (χ1n) is 6.74. The van der Waals surface area contributed by atoms with Crippen LogP contribution in [0.5, 0.6) is 11.5 Å². The monoisotopic (exact) mass is 248 g/mol. The highest BCUT2D eigenvalue weighted by molar-refractivity contribution is 5.40. The summed E-state index contributed by atoms with van der Waals surface area (Å²) >= 11 is 0. The van der Waals surface area contributed by atoms with Crippen LogP contribution in [0, 0.1) is 0 Å². The molecule has 1 rings (SSSR count). The van der Waals surface area contributed by atoms with E-state index in [1.54, 1.807) is 0 Å². The predicted octanol–water partition coefficient (Wildman–Crippen LogP) is 4.55. The molecule has 18 heavy (non-hydrogen) atoms. The van der Waals surface area contributed by atoms with E-state index in [2.05, 4.69) is 32.6 Å². The van der Waals surface area contributed by atoms with Gasteiger partial charge < -0.3 is 9.47 Å². The summed E-state index contributed by atoms with van der Waals surface area (Å²) in [5, 5.41) is 0. The van der Waals surface area contributed by atoms with Gasteiger partial charge in [0.1, 0.15) is 11.5 Å². The molecule has 0 radical (unpaired) electrons. The maximum Gasteiger partial charge on any atom is 0.123 e. The lowest BCUT2D eigenvalue weighted by Crippen LogP contribution is -2.00. The van der Waals surface area contributed by atoms with Gasteiger partial charge in [0.2, 0.25) is 0 Å². The van der Waals surface area contributed by atoms with Gasteiger partial charge in [-0.15, -0.1) is 6.58 Å². The highest BCUT2D eigenvalue weighted by Crippen LogP contribution is 2.28. The molecule has 0 saturated heterocycles. The van der Waals surface area contributed by atoms with Gasteiger partial charge in [0.15, 0.2) is 0 Å². The Balaban J connectivity index is 2.87. The molecule has 0 aromatic heterocycles. The maximum atomic E-state index is 5.75. The normalized spacial score (nSPS) is 11.9. The summed E-state index contributed by atoms with van der Waals surface area (Å²) in [6, 6.07) is 6.09. The predicted molar refractivity (Wildman–Crippen MR) is 76.6 cm³/mol.